The molecule has 1 aromatic heterocycles. The highest BCUT2D eigenvalue weighted by molar-refractivity contribution is 7.16. The van der Waals surface area contributed by atoms with E-state index in [2.05, 4.69) is 40.2 Å². The molecule has 2 N–H and O–H groups in total. The maximum absolute atomic E-state index is 11.5. The first-order valence-electron chi connectivity index (χ1n) is 9.28. The van der Waals surface area contributed by atoms with Gasteiger partial charge in [0.25, 0.3) is 0 Å². The van der Waals surface area contributed by atoms with Crippen LogP contribution in [0.5, 0.6) is 0 Å². The third-order valence-corrected chi connectivity index (χ3v) is 6.15. The Morgan fingerprint density at radius 2 is 2.04 bits per heavy atom. The Balaban J connectivity index is 1.48. The fourth-order valence-electron chi connectivity index (χ4n) is 3.91. The first-order chi connectivity index (χ1) is 12.7. The molecule has 2 aromatic carbocycles. The zero-order valence-electron chi connectivity index (χ0n) is 14.7. The van der Waals surface area contributed by atoms with E-state index in [1.54, 1.807) is 0 Å². The van der Waals surface area contributed by atoms with E-state index in [1.807, 2.05) is 18.2 Å². The molecule has 136 valence electrons. The Morgan fingerprint density at radius 1 is 1.19 bits per heavy atom. The monoisotopic (exact) mass is 368 g/mol. The predicted molar refractivity (Wildman–Crippen MR) is 107 cm³/mol. The van der Waals surface area contributed by atoms with Crippen molar-refractivity contribution in [3.8, 4) is 0 Å². The van der Waals surface area contributed by atoms with Crippen LogP contribution in [0.4, 0.5) is 0 Å². The second-order valence-electron chi connectivity index (χ2n) is 7.12. The minimum Gasteiger partial charge on any atom is -0.387 e. The highest BCUT2D eigenvalue weighted by Gasteiger charge is 2.25. The number of aromatic amines is 1. The van der Waals surface area contributed by atoms with E-state index in [0.717, 1.165) is 28.7 Å². The van der Waals surface area contributed by atoms with Crippen molar-refractivity contribution in [2.45, 2.75) is 37.8 Å². The molecule has 0 spiro atoms. The van der Waals surface area contributed by atoms with Crippen molar-refractivity contribution in [3.63, 3.8) is 0 Å². The Morgan fingerprint density at radius 3 is 2.88 bits per heavy atom. The number of aliphatic hydroxyl groups is 1. The molecular formula is C21H24N2O2S. The SMILES string of the molecule is O=c1[nH]c2ccc(C(O)CN3CCCCC3Cc3ccccc3)cc2s1. The number of hydrogen-bond donors (Lipinski definition) is 2. The number of piperidine rings is 1. The number of thiazole rings is 1. The van der Waals surface area contributed by atoms with Gasteiger partial charge in [-0.1, -0.05) is 54.2 Å². The molecule has 5 heteroatoms. The molecule has 0 radical (unpaired) electrons. The molecule has 4 rings (SSSR count). The Labute approximate surface area is 157 Å². The van der Waals surface area contributed by atoms with Gasteiger partial charge in [-0.25, -0.2) is 0 Å². The maximum atomic E-state index is 11.5. The molecule has 0 amide bonds. The molecule has 0 bridgehead atoms. The lowest BCUT2D eigenvalue weighted by Crippen LogP contribution is -2.43. The summed E-state index contributed by atoms with van der Waals surface area (Å²) in [5, 5.41) is 10.8. The van der Waals surface area contributed by atoms with Crippen LogP contribution >= 0.6 is 11.3 Å². The Hall–Kier alpha value is -1.95. The van der Waals surface area contributed by atoms with Crippen molar-refractivity contribution in [3.05, 3.63) is 69.3 Å². The molecule has 2 unspecified atom stereocenters. The van der Waals surface area contributed by atoms with Crippen molar-refractivity contribution in [1.29, 1.82) is 0 Å². The van der Waals surface area contributed by atoms with E-state index in [9.17, 15) is 9.90 Å². The van der Waals surface area contributed by atoms with Crippen molar-refractivity contribution in [2.24, 2.45) is 0 Å². The summed E-state index contributed by atoms with van der Waals surface area (Å²) in [4.78, 5) is 16.7. The predicted octanol–water partition coefficient (Wildman–Crippen LogP) is 3.72. The van der Waals surface area contributed by atoms with E-state index in [-0.39, 0.29) is 4.87 Å². The quantitative estimate of drug-likeness (QED) is 0.722. The number of nitrogens with zero attached hydrogens (tertiary/aromatic N) is 1. The van der Waals surface area contributed by atoms with E-state index in [4.69, 9.17) is 0 Å². The molecule has 1 aliphatic heterocycles. The van der Waals surface area contributed by atoms with Crippen LogP contribution in [-0.2, 0) is 6.42 Å². The van der Waals surface area contributed by atoms with Crippen LogP contribution in [0.2, 0.25) is 0 Å². The van der Waals surface area contributed by atoms with Crippen molar-refractivity contribution < 1.29 is 5.11 Å². The van der Waals surface area contributed by atoms with Gasteiger partial charge in [0.1, 0.15) is 0 Å². The molecule has 3 aromatic rings. The Kier molecular flexibility index (Phi) is 5.20. The number of benzene rings is 2. The summed E-state index contributed by atoms with van der Waals surface area (Å²) in [6.07, 6.45) is 4.13. The highest BCUT2D eigenvalue weighted by atomic mass is 32.1. The number of H-pyrrole nitrogens is 1. The third-order valence-electron chi connectivity index (χ3n) is 5.30. The number of β-amino-alcohol motifs (C(OH)–C–C–N with tert-alkyl or cyclic N) is 1. The normalized spacial score (nSPS) is 19.7. The number of nitrogens with one attached hydrogen (secondary N) is 1. The number of likely N-dealkylation sites (tertiary alicyclic amines) is 1. The van der Waals surface area contributed by atoms with Crippen LogP contribution in [0, 0.1) is 0 Å². The standard InChI is InChI=1S/C21H24N2O2S/c24-19(16-9-10-18-20(13-16)26-21(25)22-18)14-23-11-5-4-8-17(23)12-15-6-2-1-3-7-15/h1-3,6-7,9-10,13,17,19,24H,4-5,8,11-12,14H2,(H,22,25). The summed E-state index contributed by atoms with van der Waals surface area (Å²) in [6, 6.07) is 16.8. The molecule has 0 aliphatic carbocycles. The number of hydrogen-bond acceptors (Lipinski definition) is 4. The van der Waals surface area contributed by atoms with Gasteiger partial charge in [-0.2, -0.15) is 0 Å². The van der Waals surface area contributed by atoms with Crippen molar-refractivity contribution in [2.75, 3.05) is 13.1 Å². The summed E-state index contributed by atoms with van der Waals surface area (Å²) in [5.41, 5.74) is 3.09. The topological polar surface area (TPSA) is 56.3 Å². The van der Waals surface area contributed by atoms with Gasteiger partial charge < -0.3 is 10.1 Å². The van der Waals surface area contributed by atoms with Gasteiger partial charge in [0.05, 0.1) is 16.3 Å². The molecule has 2 heterocycles. The first kappa shape index (κ1) is 17.5. The Bertz CT molecular complexity index is 918. The smallest absolute Gasteiger partial charge is 0.305 e. The molecule has 1 fully saturated rings. The lowest BCUT2D eigenvalue weighted by atomic mass is 9.94. The van der Waals surface area contributed by atoms with Gasteiger partial charge in [0, 0.05) is 12.6 Å². The van der Waals surface area contributed by atoms with Gasteiger partial charge in [0.2, 0.25) is 0 Å². The van der Waals surface area contributed by atoms with E-state index < -0.39 is 6.10 Å². The lowest BCUT2D eigenvalue weighted by Gasteiger charge is -2.37. The summed E-state index contributed by atoms with van der Waals surface area (Å²) in [6.45, 7) is 1.68. The summed E-state index contributed by atoms with van der Waals surface area (Å²) < 4.78 is 0.908. The van der Waals surface area contributed by atoms with Crippen LogP contribution < -0.4 is 4.87 Å². The molecule has 4 nitrogen and oxygen atoms in total. The van der Waals surface area contributed by atoms with E-state index in [0.29, 0.717) is 12.6 Å². The first-order valence-corrected chi connectivity index (χ1v) is 10.1. The van der Waals surface area contributed by atoms with Crippen LogP contribution in [0.25, 0.3) is 10.2 Å². The second-order valence-corrected chi connectivity index (χ2v) is 8.13. The average Bonchev–Trinajstić information content (AvgIpc) is 3.03. The lowest BCUT2D eigenvalue weighted by molar-refractivity contribution is 0.0671. The fourth-order valence-corrected chi connectivity index (χ4v) is 4.70. The van der Waals surface area contributed by atoms with Gasteiger partial charge in [0.15, 0.2) is 0 Å². The van der Waals surface area contributed by atoms with Crippen LogP contribution in [0.3, 0.4) is 0 Å². The molecule has 1 aliphatic rings. The van der Waals surface area contributed by atoms with Crippen molar-refractivity contribution >= 4 is 21.6 Å². The third kappa shape index (κ3) is 3.90. The number of aliphatic hydroxyl groups excluding tert-OH is 1. The van der Waals surface area contributed by atoms with Crippen LogP contribution in [-0.4, -0.2) is 34.1 Å². The van der Waals surface area contributed by atoms with Gasteiger partial charge in [-0.05, 0) is 49.1 Å². The summed E-state index contributed by atoms with van der Waals surface area (Å²) in [5.74, 6) is 0. The van der Waals surface area contributed by atoms with E-state index >= 15 is 0 Å². The maximum Gasteiger partial charge on any atom is 0.305 e. The average molecular weight is 369 g/mol. The number of aromatic nitrogens is 1. The van der Waals surface area contributed by atoms with Crippen LogP contribution in [0.1, 0.15) is 36.5 Å². The van der Waals surface area contributed by atoms with Gasteiger partial charge in [-0.3, -0.25) is 9.69 Å². The van der Waals surface area contributed by atoms with E-state index in [1.165, 1.54) is 36.2 Å². The zero-order valence-corrected chi connectivity index (χ0v) is 15.5. The molecule has 2 atom stereocenters. The number of fused-ring (bicyclic) bond motifs is 1. The van der Waals surface area contributed by atoms with Gasteiger partial charge in [-0.15, -0.1) is 0 Å². The summed E-state index contributed by atoms with van der Waals surface area (Å²) >= 11 is 1.20. The molecule has 0 saturated carbocycles. The van der Waals surface area contributed by atoms with Gasteiger partial charge >= 0.3 is 4.87 Å². The van der Waals surface area contributed by atoms with Crippen LogP contribution in [0.15, 0.2) is 53.3 Å². The summed E-state index contributed by atoms with van der Waals surface area (Å²) in [7, 11) is 0. The van der Waals surface area contributed by atoms with Crippen molar-refractivity contribution in [1.82, 2.24) is 9.88 Å². The highest BCUT2D eigenvalue weighted by Crippen LogP contribution is 2.26. The molecular weight excluding hydrogens is 344 g/mol. The second kappa shape index (κ2) is 7.74. The minimum atomic E-state index is -0.534. The largest absolute Gasteiger partial charge is 0.387 e. The fraction of sp³-hybridized carbons (Fsp3) is 0.381. The molecule has 26 heavy (non-hydrogen) atoms. The number of rotatable bonds is 5. The minimum absolute atomic E-state index is 0.0504. The zero-order chi connectivity index (χ0) is 17.9. The molecule has 1 saturated heterocycles.